The van der Waals surface area contributed by atoms with Gasteiger partial charge in [-0.05, 0) is 24.6 Å². The fraction of sp³-hybridized carbons (Fsp3) is 0.200. The van der Waals surface area contributed by atoms with E-state index < -0.39 is 11.6 Å². The van der Waals surface area contributed by atoms with Crippen molar-refractivity contribution >= 4 is 11.6 Å². The molecule has 0 bridgehead atoms. The number of hydrogen-bond acceptors (Lipinski definition) is 4. The highest BCUT2D eigenvalue weighted by molar-refractivity contribution is 6.04. The highest BCUT2D eigenvalue weighted by Gasteiger charge is 2.41. The van der Waals surface area contributed by atoms with E-state index in [1.807, 2.05) is 30.3 Å². The molecule has 20 heavy (non-hydrogen) atoms. The molecule has 0 spiro atoms. The molecular weight excluding hydrogens is 256 g/mol. The lowest BCUT2D eigenvalue weighted by Gasteiger charge is -2.25. The van der Waals surface area contributed by atoms with E-state index >= 15 is 0 Å². The molecule has 0 radical (unpaired) electrons. The summed E-state index contributed by atoms with van der Waals surface area (Å²) in [4.78, 5) is 12.3. The van der Waals surface area contributed by atoms with Crippen molar-refractivity contribution in [2.45, 2.75) is 19.1 Å². The molecule has 102 valence electrons. The van der Waals surface area contributed by atoms with Crippen LogP contribution in [-0.2, 0) is 0 Å². The number of benzene rings is 1. The lowest BCUT2D eigenvalue weighted by Crippen LogP contribution is -2.43. The first-order valence-electron chi connectivity index (χ1n) is 6.31. The molecule has 5 nitrogen and oxygen atoms in total. The minimum absolute atomic E-state index is 0.156. The number of nitrogens with zero attached hydrogens (tertiary/aromatic N) is 2. The maximum Gasteiger partial charge on any atom is 0.312 e. The SMILES string of the molecule is CC1(O)CC(c2ccccc2)=NN1C(=O)c1ccco1. The minimum atomic E-state index is -1.35. The van der Waals surface area contributed by atoms with E-state index in [9.17, 15) is 9.90 Å². The number of furan rings is 1. The van der Waals surface area contributed by atoms with Gasteiger partial charge in [0.1, 0.15) is 0 Å². The zero-order valence-electron chi connectivity index (χ0n) is 11.0. The predicted molar refractivity (Wildman–Crippen MR) is 73.1 cm³/mol. The first kappa shape index (κ1) is 12.6. The molecule has 0 saturated heterocycles. The van der Waals surface area contributed by atoms with Crippen LogP contribution in [0.1, 0.15) is 29.5 Å². The highest BCUT2D eigenvalue weighted by atomic mass is 16.4. The fourth-order valence-electron chi connectivity index (χ4n) is 2.22. The zero-order chi connectivity index (χ0) is 14.2. The van der Waals surface area contributed by atoms with Crippen molar-refractivity contribution in [1.82, 2.24) is 5.01 Å². The first-order chi connectivity index (χ1) is 9.58. The largest absolute Gasteiger partial charge is 0.459 e. The van der Waals surface area contributed by atoms with Crippen molar-refractivity contribution in [2.24, 2.45) is 5.10 Å². The van der Waals surface area contributed by atoms with Crippen LogP contribution in [0, 0.1) is 0 Å². The predicted octanol–water partition coefficient (Wildman–Crippen LogP) is 2.24. The summed E-state index contributed by atoms with van der Waals surface area (Å²) in [6.45, 7) is 1.56. The quantitative estimate of drug-likeness (QED) is 0.910. The molecule has 3 rings (SSSR count). The second kappa shape index (κ2) is 4.61. The number of hydrazone groups is 1. The van der Waals surface area contributed by atoms with Gasteiger partial charge in [-0.25, -0.2) is 0 Å². The minimum Gasteiger partial charge on any atom is -0.459 e. The van der Waals surface area contributed by atoms with Crippen LogP contribution in [0.4, 0.5) is 0 Å². The molecule has 1 aromatic heterocycles. The van der Waals surface area contributed by atoms with Gasteiger partial charge in [-0.2, -0.15) is 10.1 Å². The monoisotopic (exact) mass is 270 g/mol. The number of carbonyl (C=O) groups excluding carboxylic acids is 1. The molecule has 1 aliphatic rings. The lowest BCUT2D eigenvalue weighted by molar-refractivity contribution is -0.0565. The average Bonchev–Trinajstić information content (AvgIpc) is 3.06. The van der Waals surface area contributed by atoms with E-state index in [1.54, 1.807) is 19.1 Å². The Bertz CT molecular complexity index is 645. The van der Waals surface area contributed by atoms with Gasteiger partial charge in [0.05, 0.1) is 12.0 Å². The second-order valence-corrected chi connectivity index (χ2v) is 4.90. The molecule has 1 amide bonds. The van der Waals surface area contributed by atoms with E-state index in [2.05, 4.69) is 5.10 Å². The van der Waals surface area contributed by atoms with E-state index in [4.69, 9.17) is 4.42 Å². The van der Waals surface area contributed by atoms with E-state index in [-0.39, 0.29) is 12.2 Å². The number of rotatable bonds is 2. The molecule has 2 heterocycles. The van der Waals surface area contributed by atoms with Gasteiger partial charge in [-0.1, -0.05) is 30.3 Å². The molecule has 1 aromatic carbocycles. The van der Waals surface area contributed by atoms with Crippen molar-refractivity contribution < 1.29 is 14.3 Å². The van der Waals surface area contributed by atoms with Gasteiger partial charge in [-0.15, -0.1) is 0 Å². The molecule has 1 unspecified atom stereocenters. The maximum absolute atomic E-state index is 12.3. The van der Waals surface area contributed by atoms with Crippen molar-refractivity contribution in [3.8, 4) is 0 Å². The summed E-state index contributed by atoms with van der Waals surface area (Å²) in [6, 6.07) is 12.7. The summed E-state index contributed by atoms with van der Waals surface area (Å²) < 4.78 is 5.07. The second-order valence-electron chi connectivity index (χ2n) is 4.90. The Morgan fingerprint density at radius 2 is 2.05 bits per heavy atom. The summed E-state index contributed by atoms with van der Waals surface area (Å²) >= 11 is 0. The van der Waals surface area contributed by atoms with Crippen LogP contribution in [0.15, 0.2) is 58.2 Å². The third kappa shape index (κ3) is 2.12. The summed E-state index contributed by atoms with van der Waals surface area (Å²) in [5, 5.41) is 15.7. The van der Waals surface area contributed by atoms with E-state index in [1.165, 1.54) is 6.26 Å². The van der Waals surface area contributed by atoms with Crippen LogP contribution in [0.5, 0.6) is 0 Å². The Hall–Kier alpha value is -2.40. The van der Waals surface area contributed by atoms with E-state index in [0.29, 0.717) is 5.71 Å². The normalized spacial score (nSPS) is 21.9. The van der Waals surface area contributed by atoms with Crippen molar-refractivity contribution in [3.05, 3.63) is 60.1 Å². The summed E-state index contributed by atoms with van der Waals surface area (Å²) in [6.07, 6.45) is 1.70. The van der Waals surface area contributed by atoms with Crippen LogP contribution < -0.4 is 0 Å². The molecule has 0 saturated carbocycles. The van der Waals surface area contributed by atoms with Gasteiger partial charge in [-0.3, -0.25) is 4.79 Å². The lowest BCUT2D eigenvalue weighted by atomic mass is 10.0. The van der Waals surface area contributed by atoms with Crippen molar-refractivity contribution in [2.75, 3.05) is 0 Å². The smallest absolute Gasteiger partial charge is 0.312 e. The summed E-state index contributed by atoms with van der Waals surface area (Å²) in [7, 11) is 0. The Morgan fingerprint density at radius 1 is 1.30 bits per heavy atom. The van der Waals surface area contributed by atoms with Gasteiger partial charge < -0.3 is 9.52 Å². The Morgan fingerprint density at radius 3 is 2.70 bits per heavy atom. The van der Waals surface area contributed by atoms with Crippen LogP contribution in [-0.4, -0.2) is 27.5 Å². The average molecular weight is 270 g/mol. The molecule has 5 heteroatoms. The summed E-state index contributed by atoms with van der Waals surface area (Å²) in [5.41, 5.74) is 0.215. The third-order valence-corrected chi connectivity index (χ3v) is 3.21. The molecule has 1 atom stereocenters. The van der Waals surface area contributed by atoms with Gasteiger partial charge >= 0.3 is 5.91 Å². The standard InChI is InChI=1S/C15H14N2O3/c1-15(19)10-12(11-6-3-2-4-7-11)16-17(15)14(18)13-8-5-9-20-13/h2-9,19H,10H2,1H3. The number of carbonyl (C=O) groups is 1. The molecule has 1 aliphatic heterocycles. The molecule has 0 aliphatic carbocycles. The van der Waals surface area contributed by atoms with Crippen LogP contribution >= 0.6 is 0 Å². The molecule has 1 N–H and O–H groups in total. The van der Waals surface area contributed by atoms with E-state index in [0.717, 1.165) is 10.6 Å². The van der Waals surface area contributed by atoms with Crippen LogP contribution in [0.25, 0.3) is 0 Å². The Kier molecular flexibility index (Phi) is 2.91. The Balaban J connectivity index is 1.94. The Labute approximate surface area is 116 Å². The molecule has 2 aromatic rings. The van der Waals surface area contributed by atoms with Crippen LogP contribution in [0.2, 0.25) is 0 Å². The number of aliphatic hydroxyl groups is 1. The van der Waals surface area contributed by atoms with Gasteiger partial charge in [0.15, 0.2) is 11.5 Å². The zero-order valence-corrected chi connectivity index (χ0v) is 11.0. The highest BCUT2D eigenvalue weighted by Crippen LogP contribution is 2.29. The van der Waals surface area contributed by atoms with Crippen LogP contribution in [0.3, 0.4) is 0 Å². The summed E-state index contributed by atoms with van der Waals surface area (Å²) in [5.74, 6) is -0.297. The number of hydrogen-bond donors (Lipinski definition) is 1. The van der Waals surface area contributed by atoms with Gasteiger partial charge in [0.25, 0.3) is 0 Å². The third-order valence-electron chi connectivity index (χ3n) is 3.21. The topological polar surface area (TPSA) is 66.0 Å². The van der Waals surface area contributed by atoms with Crippen molar-refractivity contribution in [3.63, 3.8) is 0 Å². The molecular formula is C15H14N2O3. The first-order valence-corrected chi connectivity index (χ1v) is 6.31. The fourth-order valence-corrected chi connectivity index (χ4v) is 2.22. The maximum atomic E-state index is 12.3. The van der Waals surface area contributed by atoms with Gasteiger partial charge in [0, 0.05) is 6.42 Å². The number of amides is 1. The molecule has 0 fully saturated rings. The van der Waals surface area contributed by atoms with Gasteiger partial charge in [0.2, 0.25) is 0 Å². The van der Waals surface area contributed by atoms with Crippen molar-refractivity contribution in [1.29, 1.82) is 0 Å².